The van der Waals surface area contributed by atoms with Crippen LogP contribution in [-0.4, -0.2) is 138 Å². The predicted octanol–water partition coefficient (Wildman–Crippen LogP) is 11.8. The molecule has 0 aliphatic rings. The van der Waals surface area contributed by atoms with E-state index in [4.69, 9.17) is 29.9 Å². The van der Waals surface area contributed by atoms with Gasteiger partial charge in [0.05, 0.1) is 23.5 Å². The minimum absolute atomic E-state index is 0.610. The quantitative estimate of drug-likeness (QED) is 0.0380. The van der Waals surface area contributed by atoms with Gasteiger partial charge in [-0.05, 0) is 60.2 Å². The molecule has 2 rings (SSSR count). The summed E-state index contributed by atoms with van der Waals surface area (Å²) in [7, 11) is 0. The number of unbranched alkanes of at least 4 members (excludes halogenated alkanes) is 3. The Morgan fingerprint density at radius 3 is 0.703 bits per heavy atom. The lowest BCUT2D eigenvalue weighted by Gasteiger charge is -2.26. The Morgan fingerprint density at radius 2 is 0.516 bits per heavy atom. The summed E-state index contributed by atoms with van der Waals surface area (Å²) < 4.78 is 0. The largest absolute Gasteiger partial charge is 0.354 e. The van der Waals surface area contributed by atoms with E-state index in [2.05, 4.69) is 141 Å². The number of hydrogen-bond donors (Lipinski definition) is 2. The molecule has 0 aromatic carbocycles. The average molecular weight is 968 g/mol. The normalized spacial score (nSPS) is 12.6. The molecule has 12 nitrogen and oxygen atoms in total. The lowest BCUT2D eigenvalue weighted by molar-refractivity contribution is 0.254. The SMILES string of the molecule is CC(C)CN(CSc1nc(NCCCCCCNc2nc(SCN(CC(C)C)CC(C)C)nc(SCN(CC(C)C)CC(C)C)n2)nc(SCN(CC(C)C)CC(C)C)n1)CC(C)C. The van der Waals surface area contributed by atoms with Crippen LogP contribution >= 0.6 is 47.0 Å². The van der Waals surface area contributed by atoms with Crippen molar-refractivity contribution in [3.63, 3.8) is 0 Å². The van der Waals surface area contributed by atoms with Crippen LogP contribution in [0.25, 0.3) is 0 Å². The molecule has 0 bridgehead atoms. The first-order valence-electron chi connectivity index (χ1n) is 24.7. The third kappa shape index (κ3) is 29.6. The zero-order chi connectivity index (χ0) is 47.6. The molecule has 0 amide bonds. The summed E-state index contributed by atoms with van der Waals surface area (Å²) in [6.45, 7) is 46.9. The number of nitrogens with one attached hydrogen (secondary N) is 2. The molecule has 2 aromatic heterocycles. The van der Waals surface area contributed by atoms with Crippen molar-refractivity contribution in [2.24, 2.45) is 47.3 Å². The summed E-state index contributed by atoms with van der Waals surface area (Å²) in [6.07, 6.45) is 4.32. The molecule has 0 unspecified atom stereocenters. The minimum Gasteiger partial charge on any atom is -0.354 e. The molecule has 2 aromatic rings. The van der Waals surface area contributed by atoms with Crippen molar-refractivity contribution in [1.29, 1.82) is 0 Å². The molecule has 0 aliphatic heterocycles. The number of thioether (sulfide) groups is 4. The highest BCUT2D eigenvalue weighted by Gasteiger charge is 2.18. The van der Waals surface area contributed by atoms with Crippen LogP contribution in [0.4, 0.5) is 11.9 Å². The van der Waals surface area contributed by atoms with Gasteiger partial charge in [-0.2, -0.15) is 29.9 Å². The molecule has 0 saturated carbocycles. The van der Waals surface area contributed by atoms with Gasteiger partial charge < -0.3 is 10.6 Å². The number of hydrogen-bond acceptors (Lipinski definition) is 16. The zero-order valence-electron chi connectivity index (χ0n) is 43.5. The van der Waals surface area contributed by atoms with Crippen molar-refractivity contribution in [1.82, 2.24) is 49.5 Å². The number of aromatic nitrogens is 6. The van der Waals surface area contributed by atoms with Crippen molar-refractivity contribution < 1.29 is 0 Å². The van der Waals surface area contributed by atoms with Gasteiger partial charge in [-0.25, -0.2) is 0 Å². The van der Waals surface area contributed by atoms with E-state index in [1.165, 1.54) is 0 Å². The summed E-state index contributed by atoms with van der Waals surface area (Å²) in [5, 5.41) is 10.3. The lowest BCUT2D eigenvalue weighted by atomic mass is 10.1. The number of nitrogens with zero attached hydrogens (tertiary/aromatic N) is 10. The highest BCUT2D eigenvalue weighted by molar-refractivity contribution is 8.00. The van der Waals surface area contributed by atoms with Crippen LogP contribution < -0.4 is 10.6 Å². The number of rotatable bonds is 37. The smallest absolute Gasteiger partial charge is 0.227 e. The molecule has 0 radical (unpaired) electrons. The average Bonchev–Trinajstić information content (AvgIpc) is 3.16. The van der Waals surface area contributed by atoms with Gasteiger partial charge in [-0.3, -0.25) is 19.6 Å². The monoisotopic (exact) mass is 967 g/mol. The van der Waals surface area contributed by atoms with Crippen molar-refractivity contribution in [3.05, 3.63) is 0 Å². The Morgan fingerprint density at radius 1 is 0.312 bits per heavy atom. The summed E-state index contributed by atoms with van der Waals surface area (Å²) in [6, 6.07) is 0. The number of anilines is 2. The summed E-state index contributed by atoms with van der Waals surface area (Å²) in [4.78, 5) is 39.7. The van der Waals surface area contributed by atoms with Crippen LogP contribution in [0.2, 0.25) is 0 Å². The Labute approximate surface area is 410 Å². The fourth-order valence-electron chi connectivity index (χ4n) is 7.54. The third-order valence-corrected chi connectivity index (χ3v) is 13.1. The molecule has 2 heterocycles. The maximum atomic E-state index is 4.97. The first-order valence-corrected chi connectivity index (χ1v) is 28.6. The molecule has 0 aliphatic carbocycles. The lowest BCUT2D eigenvalue weighted by Crippen LogP contribution is -2.31. The van der Waals surface area contributed by atoms with Gasteiger partial charge in [0.25, 0.3) is 0 Å². The summed E-state index contributed by atoms with van der Waals surface area (Å²) in [5.74, 6) is 9.75. The zero-order valence-corrected chi connectivity index (χ0v) is 46.7. The van der Waals surface area contributed by atoms with Gasteiger partial charge in [0.1, 0.15) is 0 Å². The van der Waals surface area contributed by atoms with Crippen LogP contribution in [0.5, 0.6) is 0 Å². The maximum Gasteiger partial charge on any atom is 0.227 e. The first kappa shape index (κ1) is 59.0. The van der Waals surface area contributed by atoms with Crippen LogP contribution in [0.1, 0.15) is 136 Å². The molecule has 0 fully saturated rings. The molecule has 2 N–H and O–H groups in total. The molecule has 0 saturated heterocycles. The second-order valence-corrected chi connectivity index (χ2v) is 24.8. The van der Waals surface area contributed by atoms with Gasteiger partial charge in [0.2, 0.25) is 11.9 Å². The van der Waals surface area contributed by atoms with Crippen LogP contribution in [-0.2, 0) is 0 Å². The molecule has 16 heteroatoms. The predicted molar refractivity (Wildman–Crippen MR) is 283 cm³/mol. The fourth-order valence-corrected chi connectivity index (χ4v) is 10.9. The van der Waals surface area contributed by atoms with E-state index in [1.807, 2.05) is 0 Å². The van der Waals surface area contributed by atoms with Crippen LogP contribution in [0, 0.1) is 47.3 Å². The van der Waals surface area contributed by atoms with E-state index in [-0.39, 0.29) is 0 Å². The van der Waals surface area contributed by atoms with Crippen molar-refractivity contribution in [2.45, 2.75) is 157 Å². The first-order chi connectivity index (χ1) is 30.3. The standard InChI is InChI=1S/C48H94N12S4/c1-35(2)23-57(24-36(3)4)31-61-45-51-43(52-46(55-45)62-32-58(25-37(5)6)26-38(7)8)49-21-19-17-18-20-22-50-44-53-47(63-33-59(27-39(9)10)28-40(11)12)56-48(54-44)64-34-60(29-41(13)14)30-42(15)16/h35-42H,17-34H2,1-16H3,(H,49,51,52,55)(H,50,53,54,56). The molecule has 0 spiro atoms. The van der Waals surface area contributed by atoms with Gasteiger partial charge in [0, 0.05) is 65.4 Å². The highest BCUT2D eigenvalue weighted by atomic mass is 32.2. The fraction of sp³-hybridized carbons (Fsp3) is 0.875. The van der Waals surface area contributed by atoms with Crippen molar-refractivity contribution in [3.8, 4) is 0 Å². The minimum atomic E-state index is 0.610. The van der Waals surface area contributed by atoms with E-state index in [9.17, 15) is 0 Å². The third-order valence-electron chi connectivity index (χ3n) is 9.35. The van der Waals surface area contributed by atoms with E-state index in [0.717, 1.165) is 135 Å². The van der Waals surface area contributed by atoms with Crippen molar-refractivity contribution >= 4 is 58.9 Å². The van der Waals surface area contributed by atoms with Crippen molar-refractivity contribution in [2.75, 3.05) is 99.6 Å². The van der Waals surface area contributed by atoms with Crippen LogP contribution in [0.3, 0.4) is 0 Å². The maximum absolute atomic E-state index is 4.97. The van der Waals surface area contributed by atoms with E-state index < -0.39 is 0 Å². The molecule has 64 heavy (non-hydrogen) atoms. The molecule has 0 atom stereocenters. The topological polar surface area (TPSA) is 114 Å². The van der Waals surface area contributed by atoms with E-state index >= 15 is 0 Å². The van der Waals surface area contributed by atoms with Crippen LogP contribution in [0.15, 0.2) is 20.6 Å². The Bertz CT molecular complexity index is 1250. The van der Waals surface area contributed by atoms with Gasteiger partial charge in [-0.1, -0.05) is 171 Å². The highest BCUT2D eigenvalue weighted by Crippen LogP contribution is 2.25. The Kier molecular flexibility index (Phi) is 30.8. The summed E-state index contributed by atoms with van der Waals surface area (Å²) in [5.41, 5.74) is 0. The molecule has 370 valence electrons. The van der Waals surface area contributed by atoms with Gasteiger partial charge in [-0.15, -0.1) is 0 Å². The van der Waals surface area contributed by atoms with Gasteiger partial charge in [0.15, 0.2) is 20.6 Å². The van der Waals surface area contributed by atoms with E-state index in [0.29, 0.717) is 59.2 Å². The Balaban J connectivity index is 2.07. The summed E-state index contributed by atoms with van der Waals surface area (Å²) >= 11 is 6.93. The molecular formula is C48H94N12S4. The van der Waals surface area contributed by atoms with E-state index in [1.54, 1.807) is 47.0 Å². The van der Waals surface area contributed by atoms with Gasteiger partial charge >= 0.3 is 0 Å². The Hall–Kier alpha value is -1.14. The molecular weight excluding hydrogens is 873 g/mol. The second-order valence-electron chi connectivity index (χ2n) is 21.1. The second kappa shape index (κ2) is 33.4.